The number of fused-ring (bicyclic) bond motifs is 2. The van der Waals surface area contributed by atoms with Gasteiger partial charge in [0, 0.05) is 39.8 Å². The summed E-state index contributed by atoms with van der Waals surface area (Å²) in [5, 5.41) is 11.5. The van der Waals surface area contributed by atoms with E-state index in [1.807, 2.05) is 36.5 Å². The number of piperidine rings is 1. The Morgan fingerprint density at radius 3 is 2.55 bits per heavy atom. The highest BCUT2D eigenvalue weighted by Gasteiger charge is 2.22. The van der Waals surface area contributed by atoms with E-state index in [2.05, 4.69) is 27.1 Å². The van der Waals surface area contributed by atoms with Crippen molar-refractivity contribution in [2.24, 2.45) is 5.73 Å². The first kappa shape index (κ1) is 22.6. The summed E-state index contributed by atoms with van der Waals surface area (Å²) >= 11 is 0. The van der Waals surface area contributed by atoms with E-state index in [9.17, 15) is 10.1 Å². The molecule has 0 aliphatic carbocycles. The van der Waals surface area contributed by atoms with E-state index in [0.717, 1.165) is 67.3 Å². The standard InChI is InChI=1S/C26H27N5O.H2O/c27-14-17-3-5-25-22(12-17)23(16-30-25)18-7-10-31(11-8-18)9-1-2-20-15-29-24-6-4-19(26(28)32)13-21(20)24;/h3-6,12-13,15-16,18,29-30H,1-2,7-11H2,(H2,28,32);1H2. The number of hydrogen-bond acceptors (Lipinski definition) is 3. The number of nitrogens with one attached hydrogen (secondary N) is 2. The zero-order valence-corrected chi connectivity index (χ0v) is 18.5. The fourth-order valence-corrected chi connectivity index (χ4v) is 5.05. The molecule has 2 aromatic heterocycles. The number of carbonyl (C=O) groups excluding carboxylic acids is 1. The van der Waals surface area contributed by atoms with E-state index in [1.54, 1.807) is 6.07 Å². The first-order valence-corrected chi connectivity index (χ1v) is 11.3. The molecule has 4 aromatic rings. The van der Waals surface area contributed by atoms with Gasteiger partial charge in [0.05, 0.1) is 11.6 Å². The monoisotopic (exact) mass is 443 g/mol. The number of aromatic nitrogens is 2. The highest BCUT2D eigenvalue weighted by molar-refractivity contribution is 5.97. The Hall–Kier alpha value is -3.60. The lowest BCUT2D eigenvalue weighted by molar-refractivity contribution is 0.100. The van der Waals surface area contributed by atoms with Crippen LogP contribution < -0.4 is 5.73 Å². The van der Waals surface area contributed by atoms with Gasteiger partial charge in [0.15, 0.2) is 0 Å². The summed E-state index contributed by atoms with van der Waals surface area (Å²) in [7, 11) is 0. The summed E-state index contributed by atoms with van der Waals surface area (Å²) in [5.74, 6) is 0.149. The van der Waals surface area contributed by atoms with Gasteiger partial charge in [-0.1, -0.05) is 0 Å². The second-order valence-electron chi connectivity index (χ2n) is 8.77. The molecule has 2 aromatic carbocycles. The van der Waals surface area contributed by atoms with Crippen LogP contribution in [0.2, 0.25) is 0 Å². The molecule has 5 rings (SSSR count). The van der Waals surface area contributed by atoms with Gasteiger partial charge in [-0.3, -0.25) is 4.79 Å². The van der Waals surface area contributed by atoms with Crippen LogP contribution in [0.25, 0.3) is 21.8 Å². The Bertz CT molecular complexity index is 1320. The predicted octanol–water partition coefficient (Wildman–Crippen LogP) is 3.61. The van der Waals surface area contributed by atoms with E-state index in [1.165, 1.54) is 16.5 Å². The van der Waals surface area contributed by atoms with Crippen molar-refractivity contribution in [2.75, 3.05) is 19.6 Å². The molecule has 170 valence electrons. The largest absolute Gasteiger partial charge is 0.412 e. The van der Waals surface area contributed by atoms with E-state index in [-0.39, 0.29) is 11.4 Å². The van der Waals surface area contributed by atoms with Crippen LogP contribution in [0.1, 0.15) is 52.2 Å². The number of nitrogens with two attached hydrogens (primary N) is 1. The molecule has 0 atom stereocenters. The van der Waals surface area contributed by atoms with E-state index < -0.39 is 0 Å². The second kappa shape index (κ2) is 9.49. The number of nitriles is 1. The molecule has 0 unspecified atom stereocenters. The third-order valence-corrected chi connectivity index (χ3v) is 6.84. The minimum Gasteiger partial charge on any atom is -0.412 e. The minimum atomic E-state index is -0.388. The van der Waals surface area contributed by atoms with Gasteiger partial charge >= 0.3 is 0 Å². The lowest BCUT2D eigenvalue weighted by Crippen LogP contribution is -2.33. The minimum absolute atomic E-state index is 0. The third kappa shape index (κ3) is 4.49. The molecule has 1 aliphatic rings. The molecular weight excluding hydrogens is 414 g/mol. The average Bonchev–Trinajstić information content (AvgIpc) is 3.43. The van der Waals surface area contributed by atoms with Crippen LogP contribution in [0.15, 0.2) is 48.8 Å². The van der Waals surface area contributed by atoms with Gasteiger partial charge in [-0.05, 0) is 98.8 Å². The Kier molecular flexibility index (Phi) is 6.50. The lowest BCUT2D eigenvalue weighted by atomic mass is 9.89. The number of benzene rings is 2. The number of amides is 1. The van der Waals surface area contributed by atoms with Crippen molar-refractivity contribution >= 4 is 27.7 Å². The number of hydrogen-bond donors (Lipinski definition) is 3. The second-order valence-corrected chi connectivity index (χ2v) is 8.77. The Morgan fingerprint density at radius 2 is 1.79 bits per heavy atom. The number of aryl methyl sites for hydroxylation is 1. The molecule has 1 aliphatic heterocycles. The van der Waals surface area contributed by atoms with Gasteiger partial charge in [0.1, 0.15) is 0 Å². The predicted molar refractivity (Wildman–Crippen MR) is 130 cm³/mol. The van der Waals surface area contributed by atoms with Crippen LogP contribution in [0.5, 0.6) is 0 Å². The maximum absolute atomic E-state index is 11.5. The number of rotatable bonds is 6. The van der Waals surface area contributed by atoms with E-state index in [0.29, 0.717) is 11.5 Å². The van der Waals surface area contributed by atoms with Crippen molar-refractivity contribution in [2.45, 2.75) is 31.6 Å². The van der Waals surface area contributed by atoms with Crippen molar-refractivity contribution in [1.29, 1.82) is 5.26 Å². The van der Waals surface area contributed by atoms with Crippen LogP contribution in [0.4, 0.5) is 0 Å². The molecule has 7 heteroatoms. The average molecular weight is 444 g/mol. The summed E-state index contributed by atoms with van der Waals surface area (Å²) in [4.78, 5) is 20.7. The van der Waals surface area contributed by atoms with Crippen molar-refractivity contribution < 1.29 is 10.3 Å². The zero-order valence-electron chi connectivity index (χ0n) is 18.5. The Labute approximate surface area is 192 Å². The molecule has 1 amide bonds. The molecular formula is C26H29N5O2. The maximum Gasteiger partial charge on any atom is 0.248 e. The first-order chi connectivity index (χ1) is 15.6. The topological polar surface area (TPSA) is 133 Å². The highest BCUT2D eigenvalue weighted by atomic mass is 16.1. The summed E-state index contributed by atoms with van der Waals surface area (Å²) in [6.07, 6.45) is 8.51. The fourth-order valence-electron chi connectivity index (χ4n) is 5.05. The van der Waals surface area contributed by atoms with Crippen molar-refractivity contribution in [3.05, 3.63) is 71.0 Å². The third-order valence-electron chi connectivity index (χ3n) is 6.84. The molecule has 1 saturated heterocycles. The van der Waals surface area contributed by atoms with Crippen LogP contribution in [0.3, 0.4) is 0 Å². The number of primary amides is 1. The van der Waals surface area contributed by atoms with Crippen LogP contribution in [0, 0.1) is 11.3 Å². The Balaban J connectivity index is 0.00000259. The number of aromatic amines is 2. The molecule has 0 radical (unpaired) electrons. The van der Waals surface area contributed by atoms with Crippen LogP contribution in [-0.4, -0.2) is 45.9 Å². The molecule has 0 spiro atoms. The van der Waals surface area contributed by atoms with Crippen molar-refractivity contribution in [3.63, 3.8) is 0 Å². The van der Waals surface area contributed by atoms with Crippen LogP contribution in [-0.2, 0) is 6.42 Å². The van der Waals surface area contributed by atoms with Gasteiger partial charge < -0.3 is 26.1 Å². The van der Waals surface area contributed by atoms with Gasteiger partial charge in [0.2, 0.25) is 5.91 Å². The number of likely N-dealkylation sites (tertiary alicyclic amines) is 1. The lowest BCUT2D eigenvalue weighted by Gasteiger charge is -2.32. The summed E-state index contributed by atoms with van der Waals surface area (Å²) in [6.45, 7) is 3.26. The zero-order chi connectivity index (χ0) is 22.1. The Morgan fingerprint density at radius 1 is 1.06 bits per heavy atom. The number of nitrogens with zero attached hydrogens (tertiary/aromatic N) is 2. The first-order valence-electron chi connectivity index (χ1n) is 11.3. The number of H-pyrrole nitrogens is 2. The summed E-state index contributed by atoms with van der Waals surface area (Å²) < 4.78 is 0. The summed E-state index contributed by atoms with van der Waals surface area (Å²) in [6, 6.07) is 13.7. The molecule has 0 saturated carbocycles. The van der Waals surface area contributed by atoms with Crippen molar-refractivity contribution in [1.82, 2.24) is 14.9 Å². The van der Waals surface area contributed by atoms with E-state index in [4.69, 9.17) is 5.73 Å². The quantitative estimate of drug-likeness (QED) is 0.420. The molecule has 6 N–H and O–H groups in total. The fraction of sp³-hybridized carbons (Fsp3) is 0.308. The smallest absolute Gasteiger partial charge is 0.248 e. The maximum atomic E-state index is 11.5. The van der Waals surface area contributed by atoms with Gasteiger partial charge in [-0.25, -0.2) is 0 Å². The van der Waals surface area contributed by atoms with Gasteiger partial charge in [0.25, 0.3) is 0 Å². The van der Waals surface area contributed by atoms with Gasteiger partial charge in [-0.15, -0.1) is 0 Å². The number of carbonyl (C=O) groups is 1. The normalized spacial score (nSPS) is 14.9. The van der Waals surface area contributed by atoms with Crippen molar-refractivity contribution in [3.8, 4) is 6.07 Å². The summed E-state index contributed by atoms with van der Waals surface area (Å²) in [5.41, 5.74) is 11.5. The molecule has 0 bridgehead atoms. The van der Waals surface area contributed by atoms with Gasteiger partial charge in [-0.2, -0.15) is 5.26 Å². The molecule has 3 heterocycles. The van der Waals surface area contributed by atoms with Crippen LogP contribution >= 0.6 is 0 Å². The molecule has 7 nitrogen and oxygen atoms in total. The van der Waals surface area contributed by atoms with E-state index >= 15 is 0 Å². The molecule has 33 heavy (non-hydrogen) atoms. The molecule has 1 fully saturated rings. The highest BCUT2D eigenvalue weighted by Crippen LogP contribution is 2.33. The SMILES string of the molecule is N#Cc1ccc2[nH]cc(C3CCN(CCCc4c[nH]c5ccc(C(N)=O)cc45)CC3)c2c1.O.